The van der Waals surface area contributed by atoms with Crippen LogP contribution in [0.3, 0.4) is 0 Å². The predicted molar refractivity (Wildman–Crippen MR) is 161 cm³/mol. The minimum absolute atomic E-state index is 0.0274. The summed E-state index contributed by atoms with van der Waals surface area (Å²) in [6.45, 7) is 7.76. The highest BCUT2D eigenvalue weighted by atomic mass is 32.2. The van der Waals surface area contributed by atoms with Crippen molar-refractivity contribution in [3.8, 4) is 0 Å². The lowest BCUT2D eigenvalue weighted by atomic mass is 10.00. The van der Waals surface area contributed by atoms with Crippen molar-refractivity contribution in [3.63, 3.8) is 0 Å². The van der Waals surface area contributed by atoms with Crippen molar-refractivity contribution in [3.05, 3.63) is 101 Å². The van der Waals surface area contributed by atoms with E-state index in [9.17, 15) is 22.4 Å². The molecule has 0 radical (unpaired) electrons. The maximum Gasteiger partial charge on any atom is 0.243 e. The Morgan fingerprint density at radius 3 is 2.10 bits per heavy atom. The van der Waals surface area contributed by atoms with E-state index in [1.807, 2.05) is 82.3 Å². The molecule has 0 spiro atoms. The second-order valence-corrected chi connectivity index (χ2v) is 13.2. The summed E-state index contributed by atoms with van der Waals surface area (Å²) < 4.78 is 40.5. The molecule has 2 amide bonds. The molecular formula is C32H40FN3O4S. The summed E-state index contributed by atoms with van der Waals surface area (Å²) in [5.74, 6) is -1.23. The zero-order valence-corrected chi connectivity index (χ0v) is 25.2. The quantitative estimate of drug-likeness (QED) is 0.317. The van der Waals surface area contributed by atoms with Crippen molar-refractivity contribution >= 4 is 27.5 Å². The van der Waals surface area contributed by atoms with Crippen LogP contribution in [0.15, 0.2) is 78.9 Å². The Morgan fingerprint density at radius 1 is 0.902 bits per heavy atom. The minimum Gasteiger partial charge on any atom is -0.350 e. The van der Waals surface area contributed by atoms with E-state index >= 15 is 0 Å². The molecule has 41 heavy (non-hydrogen) atoms. The van der Waals surface area contributed by atoms with Gasteiger partial charge >= 0.3 is 0 Å². The molecule has 0 aromatic heterocycles. The molecule has 0 aliphatic heterocycles. The number of nitrogens with zero attached hydrogens (tertiary/aromatic N) is 2. The Morgan fingerprint density at radius 2 is 1.51 bits per heavy atom. The number of halogens is 1. The molecule has 7 nitrogen and oxygen atoms in total. The maximum atomic E-state index is 14.5. The third-order valence-electron chi connectivity index (χ3n) is 6.52. The number of benzene rings is 3. The Hall–Kier alpha value is -3.72. The van der Waals surface area contributed by atoms with Gasteiger partial charge in [0, 0.05) is 31.5 Å². The lowest BCUT2D eigenvalue weighted by Crippen LogP contribution is -2.54. The summed E-state index contributed by atoms with van der Waals surface area (Å²) in [4.78, 5) is 29.1. The summed E-state index contributed by atoms with van der Waals surface area (Å²) in [5, 5.41) is 3.03. The number of amides is 2. The van der Waals surface area contributed by atoms with Gasteiger partial charge in [0.2, 0.25) is 21.8 Å². The molecule has 9 heteroatoms. The van der Waals surface area contributed by atoms with E-state index in [1.165, 1.54) is 18.2 Å². The molecule has 1 N–H and O–H groups in total. The first-order valence-electron chi connectivity index (χ1n) is 13.7. The zero-order valence-electron chi connectivity index (χ0n) is 24.4. The lowest BCUT2D eigenvalue weighted by molar-refractivity contribution is -0.142. The molecule has 0 unspecified atom stereocenters. The van der Waals surface area contributed by atoms with Gasteiger partial charge in [0.1, 0.15) is 11.9 Å². The largest absolute Gasteiger partial charge is 0.350 e. The number of para-hydroxylation sites is 1. The van der Waals surface area contributed by atoms with Crippen molar-refractivity contribution in [2.24, 2.45) is 0 Å². The van der Waals surface area contributed by atoms with E-state index in [2.05, 4.69) is 5.32 Å². The molecule has 3 rings (SSSR count). The summed E-state index contributed by atoms with van der Waals surface area (Å²) in [6, 6.07) is 22.1. The molecule has 0 aliphatic rings. The lowest BCUT2D eigenvalue weighted by Gasteiger charge is -2.34. The highest BCUT2D eigenvalue weighted by Gasteiger charge is 2.32. The van der Waals surface area contributed by atoms with Crippen molar-refractivity contribution in [1.29, 1.82) is 0 Å². The van der Waals surface area contributed by atoms with E-state index in [0.29, 0.717) is 6.42 Å². The van der Waals surface area contributed by atoms with Crippen LogP contribution in [0.5, 0.6) is 0 Å². The van der Waals surface area contributed by atoms with Crippen LogP contribution in [-0.2, 0) is 32.6 Å². The van der Waals surface area contributed by atoms with Crippen LogP contribution in [0.2, 0.25) is 0 Å². The van der Waals surface area contributed by atoms with E-state index in [4.69, 9.17) is 0 Å². The number of nitrogens with one attached hydrogen (secondary N) is 1. The van der Waals surface area contributed by atoms with Crippen molar-refractivity contribution in [2.45, 2.75) is 65.1 Å². The molecular weight excluding hydrogens is 541 g/mol. The number of sulfonamides is 1. The molecule has 3 aromatic carbocycles. The Labute approximate surface area is 243 Å². The Bertz CT molecular complexity index is 1420. The van der Waals surface area contributed by atoms with Gasteiger partial charge in [-0.15, -0.1) is 0 Å². The monoisotopic (exact) mass is 581 g/mol. The van der Waals surface area contributed by atoms with Crippen molar-refractivity contribution in [1.82, 2.24) is 10.2 Å². The van der Waals surface area contributed by atoms with Gasteiger partial charge in [-0.1, -0.05) is 72.3 Å². The van der Waals surface area contributed by atoms with Crippen LogP contribution in [0, 0.1) is 12.7 Å². The van der Waals surface area contributed by atoms with Crippen molar-refractivity contribution in [2.75, 3.05) is 17.1 Å². The Kier molecular flexibility index (Phi) is 10.7. The average molecular weight is 582 g/mol. The number of hydrogen-bond donors (Lipinski definition) is 1. The molecule has 0 saturated carbocycles. The van der Waals surface area contributed by atoms with Crippen LogP contribution in [0.1, 0.15) is 50.3 Å². The van der Waals surface area contributed by atoms with E-state index in [1.54, 1.807) is 11.0 Å². The van der Waals surface area contributed by atoms with Gasteiger partial charge in [-0.25, -0.2) is 12.8 Å². The second-order valence-electron chi connectivity index (χ2n) is 11.3. The number of carbonyl (C=O) groups excluding carboxylic acids is 2. The van der Waals surface area contributed by atoms with E-state index in [0.717, 1.165) is 27.3 Å². The van der Waals surface area contributed by atoms with Crippen molar-refractivity contribution < 1.29 is 22.4 Å². The average Bonchev–Trinajstić information content (AvgIpc) is 2.89. The number of anilines is 1. The topological polar surface area (TPSA) is 86.8 Å². The van der Waals surface area contributed by atoms with Crippen LogP contribution >= 0.6 is 0 Å². The molecule has 0 fully saturated rings. The summed E-state index contributed by atoms with van der Waals surface area (Å²) >= 11 is 0. The highest BCUT2D eigenvalue weighted by Crippen LogP contribution is 2.23. The third-order valence-corrected chi connectivity index (χ3v) is 7.70. The van der Waals surface area contributed by atoms with Gasteiger partial charge in [0.25, 0.3) is 0 Å². The third kappa shape index (κ3) is 9.70. The number of rotatable bonds is 12. The molecule has 1 atom stereocenters. The molecule has 0 saturated heterocycles. The number of aryl methyl sites for hydroxylation is 1. The van der Waals surface area contributed by atoms with Crippen LogP contribution in [-0.4, -0.2) is 49.5 Å². The maximum absolute atomic E-state index is 14.5. The smallest absolute Gasteiger partial charge is 0.243 e. The first-order chi connectivity index (χ1) is 19.2. The number of carbonyl (C=O) groups is 2. The summed E-state index contributed by atoms with van der Waals surface area (Å²) in [6.07, 6.45) is 1.44. The Balaban J connectivity index is 1.90. The van der Waals surface area contributed by atoms with Crippen LogP contribution in [0.4, 0.5) is 10.1 Å². The summed E-state index contributed by atoms with van der Waals surface area (Å²) in [5.41, 5.74) is 2.28. The van der Waals surface area contributed by atoms with Crippen LogP contribution < -0.4 is 9.62 Å². The van der Waals surface area contributed by atoms with Gasteiger partial charge in [-0.2, -0.15) is 0 Å². The molecule has 0 aliphatic carbocycles. The summed E-state index contributed by atoms with van der Waals surface area (Å²) in [7, 11) is -3.80. The fourth-order valence-electron chi connectivity index (χ4n) is 4.53. The fraction of sp³-hybridized carbons (Fsp3) is 0.375. The standard InChI is InChI=1S/C32H40FN3O4S/c1-24-17-19-26(20-18-24)23-35(29(31(38)34-32(2,3)4)22-25-12-7-6-8-13-25)30(37)16-11-21-36(41(5,39)40)28-15-10-9-14-27(28)33/h6-10,12-15,17-20,29H,11,16,21-23H2,1-5H3,(H,34,38)/t29-/m0/s1. The predicted octanol–water partition coefficient (Wildman–Crippen LogP) is 5.24. The van der Waals surface area contributed by atoms with Gasteiger partial charge < -0.3 is 10.2 Å². The van der Waals surface area contributed by atoms with Gasteiger partial charge in [0.15, 0.2) is 0 Å². The molecule has 0 heterocycles. The first kappa shape index (κ1) is 31.8. The zero-order chi connectivity index (χ0) is 30.2. The van der Waals surface area contributed by atoms with Crippen LogP contribution in [0.25, 0.3) is 0 Å². The number of hydrogen-bond acceptors (Lipinski definition) is 4. The molecule has 3 aromatic rings. The molecule has 0 bridgehead atoms. The fourth-order valence-corrected chi connectivity index (χ4v) is 5.50. The highest BCUT2D eigenvalue weighted by molar-refractivity contribution is 7.92. The minimum atomic E-state index is -3.80. The van der Waals surface area contributed by atoms with Gasteiger partial charge in [-0.05, 0) is 57.4 Å². The van der Waals surface area contributed by atoms with Gasteiger partial charge in [-0.3, -0.25) is 13.9 Å². The normalized spacial score (nSPS) is 12.4. The van der Waals surface area contributed by atoms with E-state index < -0.39 is 27.4 Å². The first-order valence-corrected chi connectivity index (χ1v) is 15.5. The second kappa shape index (κ2) is 13.8. The SMILES string of the molecule is Cc1ccc(CN(C(=O)CCCN(c2ccccc2F)S(C)(=O)=O)[C@@H](Cc2ccccc2)C(=O)NC(C)(C)C)cc1. The molecule has 220 valence electrons. The van der Waals surface area contributed by atoms with Gasteiger partial charge in [0.05, 0.1) is 11.9 Å². The van der Waals surface area contributed by atoms with E-state index in [-0.39, 0.29) is 43.4 Å².